The van der Waals surface area contributed by atoms with Gasteiger partial charge in [0.15, 0.2) is 12.2 Å². The van der Waals surface area contributed by atoms with Crippen LogP contribution in [0.1, 0.15) is 41.7 Å². The van der Waals surface area contributed by atoms with Crippen molar-refractivity contribution in [3.8, 4) is 0 Å². The highest BCUT2D eigenvalue weighted by molar-refractivity contribution is 7.45. The molecule has 10 heteroatoms. The smallest absolute Gasteiger partial charge is 0.267 e. The second-order valence-electron chi connectivity index (χ2n) is 5.90. The molecule has 1 unspecified atom stereocenters. The lowest BCUT2D eigenvalue weighted by Gasteiger charge is -2.22. The Morgan fingerprint density at radius 3 is 2.77 bits per heavy atom. The third-order valence-electron chi connectivity index (χ3n) is 3.84. The topological polar surface area (TPSA) is 114 Å². The van der Waals surface area contributed by atoms with Crippen molar-refractivity contribution < 1.29 is 23.1 Å². The monoisotopic (exact) mass is 400 g/mol. The standard InChI is InChI=1S/C16H25N4O4PS/c1-4-5-7-23-25(21,22)24-8-6-15-12(2)20(11-26-15)10-14-9-18-13(3)19-16(14)17/h9,11H,4-8,10H2,1-3H3,(H2-,17,18,19,21,22). The third kappa shape index (κ3) is 6.10. The molecule has 2 heterocycles. The van der Waals surface area contributed by atoms with Gasteiger partial charge < -0.3 is 19.7 Å². The van der Waals surface area contributed by atoms with E-state index < -0.39 is 7.82 Å². The molecule has 0 aliphatic heterocycles. The minimum absolute atomic E-state index is 0.0596. The second kappa shape index (κ2) is 9.53. The summed E-state index contributed by atoms with van der Waals surface area (Å²) in [6.07, 6.45) is 3.77. The molecule has 2 N–H and O–H groups in total. The first-order valence-electron chi connectivity index (χ1n) is 8.47. The first-order chi connectivity index (χ1) is 12.3. The van der Waals surface area contributed by atoms with Gasteiger partial charge in [-0.25, -0.2) is 9.97 Å². The number of hydrogen-bond donors (Lipinski definition) is 1. The van der Waals surface area contributed by atoms with Gasteiger partial charge in [-0.2, -0.15) is 4.57 Å². The second-order valence-corrected chi connectivity index (χ2v) is 8.25. The van der Waals surface area contributed by atoms with Gasteiger partial charge in [0.1, 0.15) is 11.6 Å². The summed E-state index contributed by atoms with van der Waals surface area (Å²) >= 11 is 1.55. The molecule has 2 aromatic heterocycles. The molecule has 0 bridgehead atoms. The van der Waals surface area contributed by atoms with Gasteiger partial charge >= 0.3 is 0 Å². The van der Waals surface area contributed by atoms with Crippen LogP contribution in [0.25, 0.3) is 0 Å². The van der Waals surface area contributed by atoms with Crippen molar-refractivity contribution in [2.75, 3.05) is 18.9 Å². The van der Waals surface area contributed by atoms with Crippen molar-refractivity contribution >= 4 is 25.0 Å². The molecule has 26 heavy (non-hydrogen) atoms. The maximum absolute atomic E-state index is 11.6. The van der Waals surface area contributed by atoms with Gasteiger partial charge in [-0.1, -0.05) is 24.7 Å². The van der Waals surface area contributed by atoms with Crippen LogP contribution in [0.3, 0.4) is 0 Å². The zero-order chi connectivity index (χ0) is 19.2. The Balaban J connectivity index is 1.91. The summed E-state index contributed by atoms with van der Waals surface area (Å²) in [5, 5.41) is 0. The summed E-state index contributed by atoms with van der Waals surface area (Å²) in [7, 11) is -4.22. The fraction of sp³-hybridized carbons (Fsp3) is 0.562. The van der Waals surface area contributed by atoms with E-state index in [2.05, 4.69) is 9.97 Å². The summed E-state index contributed by atoms with van der Waals surface area (Å²) in [6, 6.07) is 0. The van der Waals surface area contributed by atoms with E-state index in [4.69, 9.17) is 14.8 Å². The van der Waals surface area contributed by atoms with Gasteiger partial charge in [0, 0.05) is 19.5 Å². The van der Waals surface area contributed by atoms with Crippen molar-refractivity contribution in [1.82, 2.24) is 9.97 Å². The average molecular weight is 400 g/mol. The number of anilines is 1. The van der Waals surface area contributed by atoms with Crippen molar-refractivity contribution in [2.45, 2.75) is 46.6 Å². The van der Waals surface area contributed by atoms with Crippen LogP contribution in [-0.4, -0.2) is 23.2 Å². The lowest BCUT2D eigenvalue weighted by Crippen LogP contribution is -2.35. The molecule has 144 valence electrons. The van der Waals surface area contributed by atoms with Crippen molar-refractivity contribution in [2.24, 2.45) is 0 Å². The molecule has 0 saturated carbocycles. The van der Waals surface area contributed by atoms with Gasteiger partial charge in [-0.05, 0) is 13.3 Å². The number of rotatable bonds is 10. The molecule has 0 aliphatic rings. The van der Waals surface area contributed by atoms with E-state index in [0.29, 0.717) is 31.0 Å². The largest absolute Gasteiger partial charge is 0.756 e. The summed E-state index contributed by atoms with van der Waals surface area (Å²) < 4.78 is 23.4. The number of nitrogens with two attached hydrogens (primary N) is 1. The summed E-state index contributed by atoms with van der Waals surface area (Å²) in [4.78, 5) is 21.0. The number of aromatic nitrogens is 3. The maximum atomic E-state index is 11.6. The van der Waals surface area contributed by atoms with Crippen LogP contribution >= 0.6 is 19.2 Å². The van der Waals surface area contributed by atoms with E-state index in [-0.39, 0.29) is 13.2 Å². The molecule has 0 fully saturated rings. The van der Waals surface area contributed by atoms with E-state index in [1.54, 1.807) is 24.5 Å². The summed E-state index contributed by atoms with van der Waals surface area (Å²) in [6.45, 7) is 6.52. The summed E-state index contributed by atoms with van der Waals surface area (Å²) in [5.41, 5.74) is 9.79. The van der Waals surface area contributed by atoms with Crippen molar-refractivity contribution in [3.05, 3.63) is 33.7 Å². The number of nitrogens with zero attached hydrogens (tertiary/aromatic N) is 3. The molecule has 0 saturated heterocycles. The zero-order valence-electron chi connectivity index (χ0n) is 15.3. The first-order valence-corrected chi connectivity index (χ1v) is 10.8. The van der Waals surface area contributed by atoms with Crippen LogP contribution < -0.4 is 15.2 Å². The van der Waals surface area contributed by atoms with Gasteiger partial charge in [-0.3, -0.25) is 4.57 Å². The van der Waals surface area contributed by atoms with Crippen molar-refractivity contribution in [3.63, 3.8) is 0 Å². The predicted molar refractivity (Wildman–Crippen MR) is 97.7 cm³/mol. The SMILES string of the molecule is CCCCOP(=O)([O-])OCCc1sc[n+](Cc2cnc(C)nc2N)c1C. The maximum Gasteiger partial charge on any atom is 0.267 e. The Morgan fingerprint density at radius 2 is 2.08 bits per heavy atom. The van der Waals surface area contributed by atoms with Gasteiger partial charge in [0.05, 0.1) is 23.7 Å². The van der Waals surface area contributed by atoms with Crippen LogP contribution in [0.2, 0.25) is 0 Å². The fourth-order valence-electron chi connectivity index (χ4n) is 2.27. The molecular weight excluding hydrogens is 375 g/mol. The Bertz CT molecular complexity index is 784. The highest BCUT2D eigenvalue weighted by Crippen LogP contribution is 2.38. The molecule has 0 aliphatic carbocycles. The molecule has 2 rings (SSSR count). The third-order valence-corrected chi connectivity index (χ3v) is 5.98. The van der Waals surface area contributed by atoms with Crippen LogP contribution in [0.5, 0.6) is 0 Å². The van der Waals surface area contributed by atoms with E-state index in [1.807, 2.05) is 23.9 Å². The van der Waals surface area contributed by atoms with E-state index in [1.165, 1.54) is 0 Å². The van der Waals surface area contributed by atoms with Crippen LogP contribution in [0.15, 0.2) is 11.7 Å². The Labute approximate surface area is 157 Å². The molecule has 0 spiro atoms. The summed E-state index contributed by atoms with van der Waals surface area (Å²) in [5.74, 6) is 1.11. The first kappa shape index (κ1) is 20.9. The lowest BCUT2D eigenvalue weighted by atomic mass is 10.2. The van der Waals surface area contributed by atoms with E-state index in [9.17, 15) is 9.46 Å². The van der Waals surface area contributed by atoms with E-state index >= 15 is 0 Å². The number of hydrogen-bond acceptors (Lipinski definition) is 8. The lowest BCUT2D eigenvalue weighted by molar-refractivity contribution is -0.689. The zero-order valence-corrected chi connectivity index (χ0v) is 17.0. The number of aryl methyl sites for hydroxylation is 1. The minimum Gasteiger partial charge on any atom is -0.756 e. The number of phosphoric ester groups is 1. The highest BCUT2D eigenvalue weighted by Gasteiger charge is 2.18. The quantitative estimate of drug-likeness (QED) is 0.368. The molecule has 0 aromatic carbocycles. The Kier molecular flexibility index (Phi) is 7.67. The minimum atomic E-state index is -4.22. The number of unbranched alkanes of at least 4 members (excludes halogenated alkanes) is 1. The highest BCUT2D eigenvalue weighted by atomic mass is 32.1. The molecule has 8 nitrogen and oxygen atoms in total. The Hall–Kier alpha value is -1.38. The normalized spacial score (nSPS) is 13.7. The Morgan fingerprint density at radius 1 is 1.35 bits per heavy atom. The molecule has 2 aromatic rings. The van der Waals surface area contributed by atoms with Crippen LogP contribution in [0, 0.1) is 13.8 Å². The number of thiazole rings is 1. The fourth-order valence-corrected chi connectivity index (χ4v) is 3.99. The van der Waals surface area contributed by atoms with E-state index in [0.717, 1.165) is 22.6 Å². The molecule has 0 radical (unpaired) electrons. The van der Waals surface area contributed by atoms with Crippen LogP contribution in [-0.2, 0) is 26.6 Å². The van der Waals surface area contributed by atoms with Crippen molar-refractivity contribution in [1.29, 1.82) is 0 Å². The number of nitrogen functional groups attached to an aromatic ring is 1. The van der Waals surface area contributed by atoms with Crippen LogP contribution in [0.4, 0.5) is 5.82 Å². The van der Waals surface area contributed by atoms with Gasteiger partial charge in [0.25, 0.3) is 7.82 Å². The number of phosphoric acid groups is 1. The average Bonchev–Trinajstić information content (AvgIpc) is 2.91. The molecular formula is C16H25N4O4PS. The molecule has 0 amide bonds. The van der Waals surface area contributed by atoms with Gasteiger partial charge in [-0.15, -0.1) is 0 Å². The molecule has 1 atom stereocenters. The predicted octanol–water partition coefficient (Wildman–Crippen LogP) is 1.92. The van der Waals surface area contributed by atoms with Gasteiger partial charge in [0.2, 0.25) is 5.51 Å².